The van der Waals surface area contributed by atoms with Crippen LogP contribution in [0.4, 0.5) is 10.5 Å². The molecule has 1 saturated carbocycles. The molecule has 1 fully saturated rings. The Morgan fingerprint density at radius 3 is 2.40 bits per heavy atom. The Morgan fingerprint density at radius 1 is 1.08 bits per heavy atom. The van der Waals surface area contributed by atoms with Crippen molar-refractivity contribution in [2.75, 3.05) is 5.32 Å². The molecule has 1 aliphatic rings. The highest BCUT2D eigenvalue weighted by molar-refractivity contribution is 5.95. The molecule has 3 rings (SSSR count). The quantitative estimate of drug-likeness (QED) is 0.848. The van der Waals surface area contributed by atoms with E-state index in [0.717, 1.165) is 17.7 Å². The van der Waals surface area contributed by atoms with Gasteiger partial charge in [-0.3, -0.25) is 4.79 Å². The number of hydrogen-bond acceptors (Lipinski definition) is 3. The van der Waals surface area contributed by atoms with Gasteiger partial charge in [-0.15, -0.1) is 0 Å². The molecule has 130 valence electrons. The van der Waals surface area contributed by atoms with Gasteiger partial charge >= 0.3 is 6.09 Å². The zero-order valence-corrected chi connectivity index (χ0v) is 14.1. The second kappa shape index (κ2) is 7.83. The predicted molar refractivity (Wildman–Crippen MR) is 96.2 cm³/mol. The molecule has 3 unspecified atom stereocenters. The summed E-state index contributed by atoms with van der Waals surface area (Å²) in [5.74, 6) is -0.378. The van der Waals surface area contributed by atoms with Crippen LogP contribution >= 0.6 is 0 Å². The summed E-state index contributed by atoms with van der Waals surface area (Å²) < 4.78 is 5.33. The topological polar surface area (TPSA) is 67.4 Å². The molecule has 2 amide bonds. The van der Waals surface area contributed by atoms with Crippen molar-refractivity contribution < 1.29 is 14.3 Å². The predicted octanol–water partition coefficient (Wildman–Crippen LogP) is 3.37. The van der Waals surface area contributed by atoms with Crippen LogP contribution in [0.5, 0.6) is 0 Å². The minimum atomic E-state index is -0.469. The number of alkyl carbamates (subject to hydrolysis) is 1. The van der Waals surface area contributed by atoms with E-state index in [2.05, 4.69) is 10.6 Å². The third-order valence-corrected chi connectivity index (χ3v) is 4.12. The zero-order chi connectivity index (χ0) is 17.6. The first-order valence-electron chi connectivity index (χ1n) is 8.49. The summed E-state index contributed by atoms with van der Waals surface area (Å²) in [5.41, 5.74) is 1.90. The van der Waals surface area contributed by atoms with Crippen molar-refractivity contribution in [3.8, 4) is 0 Å². The molecule has 2 N–H and O–H groups in total. The maximum Gasteiger partial charge on any atom is 0.407 e. The monoisotopic (exact) mass is 338 g/mol. The summed E-state index contributed by atoms with van der Waals surface area (Å²) in [4.78, 5) is 24.1. The van der Waals surface area contributed by atoms with Crippen molar-refractivity contribution in [1.82, 2.24) is 5.32 Å². The van der Waals surface area contributed by atoms with Gasteiger partial charge in [0, 0.05) is 18.2 Å². The Hall–Kier alpha value is -2.82. The van der Waals surface area contributed by atoms with Crippen LogP contribution in [0.15, 0.2) is 60.7 Å². The van der Waals surface area contributed by atoms with Crippen molar-refractivity contribution in [1.29, 1.82) is 0 Å². The van der Waals surface area contributed by atoms with Gasteiger partial charge in [0.05, 0.1) is 5.92 Å². The van der Waals surface area contributed by atoms with Gasteiger partial charge in [0.15, 0.2) is 0 Å². The van der Waals surface area contributed by atoms with Gasteiger partial charge < -0.3 is 15.4 Å². The number of carbonyl (C=O) groups is 2. The normalized spacial score (nSPS) is 19.6. The first-order valence-corrected chi connectivity index (χ1v) is 8.49. The van der Waals surface area contributed by atoms with Crippen molar-refractivity contribution in [3.63, 3.8) is 0 Å². The number of amides is 2. The number of hydrogen-bond donors (Lipinski definition) is 2. The standard InChI is InChI=1S/C20H22N2O3/c1-14(12-15-8-4-2-5-9-15)21-20(24)25-18-13-17(18)19(23)22-16-10-6-3-7-11-16/h2-11,14,17-18H,12-13H2,1H3,(H,21,24)(H,22,23). The van der Waals surface area contributed by atoms with Crippen molar-refractivity contribution in [3.05, 3.63) is 66.2 Å². The molecule has 0 aromatic heterocycles. The first kappa shape index (κ1) is 17.0. The highest BCUT2D eigenvalue weighted by Gasteiger charge is 2.46. The molecule has 5 nitrogen and oxygen atoms in total. The van der Waals surface area contributed by atoms with Crippen LogP contribution in [0.2, 0.25) is 0 Å². The Balaban J connectivity index is 1.40. The van der Waals surface area contributed by atoms with E-state index in [0.29, 0.717) is 6.42 Å². The Kier molecular flexibility index (Phi) is 5.33. The summed E-state index contributed by atoms with van der Waals surface area (Å²) in [5, 5.41) is 5.65. The summed E-state index contributed by atoms with van der Waals surface area (Å²) in [6.07, 6.45) is 0.494. The van der Waals surface area contributed by atoms with Crippen molar-refractivity contribution >= 4 is 17.7 Å². The minimum absolute atomic E-state index is 0.0368. The number of ether oxygens (including phenoxy) is 1. The average Bonchev–Trinajstić information content (AvgIpc) is 3.35. The van der Waals surface area contributed by atoms with E-state index in [-0.39, 0.29) is 24.0 Å². The van der Waals surface area contributed by atoms with Crippen LogP contribution in [-0.4, -0.2) is 24.1 Å². The Morgan fingerprint density at radius 2 is 1.72 bits per heavy atom. The van der Waals surface area contributed by atoms with Gasteiger partial charge in [-0.05, 0) is 31.0 Å². The molecule has 0 saturated heterocycles. The zero-order valence-electron chi connectivity index (χ0n) is 14.1. The molecule has 5 heteroatoms. The minimum Gasteiger partial charge on any atom is -0.445 e. The molecule has 25 heavy (non-hydrogen) atoms. The summed E-state index contributed by atoms with van der Waals surface area (Å²) in [6, 6.07) is 19.2. The highest BCUT2D eigenvalue weighted by Crippen LogP contribution is 2.34. The molecule has 0 radical (unpaired) electrons. The molecule has 2 aromatic rings. The maximum absolute atomic E-state index is 12.1. The molecule has 1 aliphatic carbocycles. The SMILES string of the molecule is CC(Cc1ccccc1)NC(=O)OC1CC1C(=O)Nc1ccccc1. The largest absolute Gasteiger partial charge is 0.445 e. The van der Waals surface area contributed by atoms with Crippen LogP contribution in [0, 0.1) is 5.92 Å². The maximum atomic E-state index is 12.1. The lowest BCUT2D eigenvalue weighted by atomic mass is 10.1. The number of anilines is 1. The molecular weight excluding hydrogens is 316 g/mol. The fourth-order valence-electron chi connectivity index (χ4n) is 2.73. The van der Waals surface area contributed by atoms with Gasteiger partial charge in [-0.25, -0.2) is 4.79 Å². The van der Waals surface area contributed by atoms with Crippen LogP contribution < -0.4 is 10.6 Å². The number of benzene rings is 2. The molecule has 0 heterocycles. The van der Waals surface area contributed by atoms with E-state index in [4.69, 9.17) is 4.74 Å². The molecular formula is C20H22N2O3. The van der Waals surface area contributed by atoms with E-state index in [1.807, 2.05) is 67.6 Å². The van der Waals surface area contributed by atoms with Crippen LogP contribution in [-0.2, 0) is 16.0 Å². The fourth-order valence-corrected chi connectivity index (χ4v) is 2.73. The van der Waals surface area contributed by atoms with Gasteiger partial charge in [0.2, 0.25) is 5.91 Å². The number of nitrogens with one attached hydrogen (secondary N) is 2. The number of rotatable bonds is 6. The van der Waals surface area contributed by atoms with Crippen LogP contribution in [0.1, 0.15) is 18.9 Å². The highest BCUT2D eigenvalue weighted by atomic mass is 16.6. The smallest absolute Gasteiger partial charge is 0.407 e. The Bertz CT molecular complexity index is 718. The lowest BCUT2D eigenvalue weighted by Gasteiger charge is -2.14. The van der Waals surface area contributed by atoms with Gasteiger partial charge in [-0.1, -0.05) is 48.5 Å². The lowest BCUT2D eigenvalue weighted by Crippen LogP contribution is -2.35. The first-order chi connectivity index (χ1) is 12.1. The van der Waals surface area contributed by atoms with Gasteiger partial charge in [0.1, 0.15) is 6.10 Å². The Labute approximate surface area is 147 Å². The van der Waals surface area contributed by atoms with Gasteiger partial charge in [0.25, 0.3) is 0 Å². The third-order valence-electron chi connectivity index (χ3n) is 4.12. The van der Waals surface area contributed by atoms with E-state index >= 15 is 0 Å². The second-order valence-corrected chi connectivity index (χ2v) is 6.38. The summed E-state index contributed by atoms with van der Waals surface area (Å²) in [6.45, 7) is 1.93. The van der Waals surface area contributed by atoms with Crippen LogP contribution in [0.3, 0.4) is 0 Å². The molecule has 2 aromatic carbocycles. The van der Waals surface area contributed by atoms with E-state index in [1.54, 1.807) is 0 Å². The lowest BCUT2D eigenvalue weighted by molar-refractivity contribution is -0.117. The molecule has 0 spiro atoms. The molecule has 3 atom stereocenters. The van der Waals surface area contributed by atoms with E-state index in [1.165, 1.54) is 0 Å². The molecule has 0 aliphatic heterocycles. The van der Waals surface area contributed by atoms with Gasteiger partial charge in [-0.2, -0.15) is 0 Å². The third kappa shape index (κ3) is 5.08. The van der Waals surface area contributed by atoms with Crippen LogP contribution in [0.25, 0.3) is 0 Å². The summed E-state index contributed by atoms with van der Waals surface area (Å²) in [7, 11) is 0. The van der Waals surface area contributed by atoms with Crippen molar-refractivity contribution in [2.24, 2.45) is 5.92 Å². The number of para-hydroxylation sites is 1. The second-order valence-electron chi connectivity index (χ2n) is 6.38. The molecule has 0 bridgehead atoms. The average molecular weight is 338 g/mol. The number of carbonyl (C=O) groups excluding carboxylic acids is 2. The fraction of sp³-hybridized carbons (Fsp3) is 0.300. The van der Waals surface area contributed by atoms with Crippen molar-refractivity contribution in [2.45, 2.75) is 31.9 Å². The van der Waals surface area contributed by atoms with E-state index in [9.17, 15) is 9.59 Å². The summed E-state index contributed by atoms with van der Waals surface area (Å²) >= 11 is 0. The van der Waals surface area contributed by atoms with E-state index < -0.39 is 6.09 Å².